The molecule has 3 aromatic heterocycles. The van der Waals surface area contributed by atoms with E-state index in [0.29, 0.717) is 5.69 Å². The fourth-order valence-corrected chi connectivity index (χ4v) is 2.77. The van der Waals surface area contributed by atoms with Crippen molar-refractivity contribution in [2.75, 3.05) is 10.6 Å². The zero-order valence-corrected chi connectivity index (χ0v) is 16.2. The van der Waals surface area contributed by atoms with Crippen molar-refractivity contribution in [1.82, 2.24) is 29.3 Å². The van der Waals surface area contributed by atoms with Crippen LogP contribution in [0.1, 0.15) is 33.6 Å². The maximum absolute atomic E-state index is 12.8. The highest BCUT2D eigenvalue weighted by molar-refractivity contribution is 6.12. The third-order valence-corrected chi connectivity index (χ3v) is 4.42. The third kappa shape index (κ3) is 3.56. The number of aromatic nitrogens is 6. The monoisotopic (exact) mass is 401 g/mol. The second-order valence-electron chi connectivity index (χ2n) is 6.16. The largest absolute Gasteiger partial charge is 0.320 e. The molecule has 0 aliphatic carbocycles. The lowest BCUT2D eigenvalue weighted by atomic mass is 10.3. The Hall–Kier alpha value is -4.03. The molecule has 0 spiro atoms. The van der Waals surface area contributed by atoms with E-state index in [1.165, 1.54) is 21.8 Å². The van der Waals surface area contributed by atoms with Crippen LogP contribution in [0.2, 0.25) is 0 Å². The van der Waals surface area contributed by atoms with Gasteiger partial charge in [0, 0.05) is 20.6 Å². The van der Waals surface area contributed by atoms with Gasteiger partial charge in [-0.15, -0.1) is 0 Å². The van der Waals surface area contributed by atoms with E-state index in [1.54, 1.807) is 32.6 Å². The molecule has 0 saturated heterocycles. The Morgan fingerprint density at radius 2 is 1.59 bits per heavy atom. The summed E-state index contributed by atoms with van der Waals surface area (Å²) in [6, 6.07) is 0. The summed E-state index contributed by atoms with van der Waals surface area (Å²) in [5.74, 6) is -1.29. The van der Waals surface area contributed by atoms with Crippen molar-refractivity contribution in [1.29, 1.82) is 0 Å². The SMILES string of the molecule is CCn1ncc([N+](=O)[O-])c1C(=O)Nc1cnn(C)c1C(=O)Nc1cnn(C)c1C. The van der Waals surface area contributed by atoms with E-state index in [1.807, 2.05) is 0 Å². The van der Waals surface area contributed by atoms with Gasteiger partial charge in [0.1, 0.15) is 11.9 Å². The van der Waals surface area contributed by atoms with Gasteiger partial charge in [-0.1, -0.05) is 0 Å². The minimum Gasteiger partial charge on any atom is -0.318 e. The highest BCUT2D eigenvalue weighted by atomic mass is 16.6. The van der Waals surface area contributed by atoms with Gasteiger partial charge in [-0.25, -0.2) is 0 Å². The molecule has 3 rings (SSSR count). The Bertz CT molecular complexity index is 1110. The Morgan fingerprint density at radius 3 is 2.17 bits per heavy atom. The lowest BCUT2D eigenvalue weighted by Gasteiger charge is -2.09. The molecule has 0 aromatic carbocycles. The topological polar surface area (TPSA) is 155 Å². The Kier molecular flexibility index (Phi) is 5.12. The first-order valence-electron chi connectivity index (χ1n) is 8.58. The fraction of sp³-hybridized carbons (Fsp3) is 0.312. The van der Waals surface area contributed by atoms with Gasteiger partial charge in [-0.05, 0) is 13.8 Å². The molecule has 3 aromatic rings. The number of hydrogen-bond donors (Lipinski definition) is 2. The van der Waals surface area contributed by atoms with Gasteiger partial charge in [0.25, 0.3) is 11.8 Å². The van der Waals surface area contributed by atoms with Crippen molar-refractivity contribution < 1.29 is 14.5 Å². The highest BCUT2D eigenvalue weighted by Gasteiger charge is 2.28. The van der Waals surface area contributed by atoms with Gasteiger partial charge in [0.2, 0.25) is 5.69 Å². The summed E-state index contributed by atoms with van der Waals surface area (Å²) in [7, 11) is 3.28. The number of rotatable bonds is 6. The summed E-state index contributed by atoms with van der Waals surface area (Å²) in [6.45, 7) is 3.75. The van der Waals surface area contributed by atoms with Crippen LogP contribution >= 0.6 is 0 Å². The molecule has 0 aliphatic rings. The summed E-state index contributed by atoms with van der Waals surface area (Å²) in [5, 5.41) is 28.4. The number of anilines is 2. The van der Waals surface area contributed by atoms with Gasteiger partial charge in [0.15, 0.2) is 0 Å². The molecule has 0 unspecified atom stereocenters. The average molecular weight is 401 g/mol. The van der Waals surface area contributed by atoms with Crippen molar-refractivity contribution in [2.45, 2.75) is 20.4 Å². The molecule has 2 amide bonds. The Balaban J connectivity index is 1.90. The first-order chi connectivity index (χ1) is 13.7. The first kappa shape index (κ1) is 19.7. The highest BCUT2D eigenvalue weighted by Crippen LogP contribution is 2.22. The van der Waals surface area contributed by atoms with Gasteiger partial charge in [0.05, 0.1) is 34.4 Å². The van der Waals surface area contributed by atoms with Gasteiger partial charge >= 0.3 is 5.69 Å². The smallest absolute Gasteiger partial charge is 0.318 e. The number of hydrogen-bond acceptors (Lipinski definition) is 7. The molecule has 0 bridgehead atoms. The molecule has 152 valence electrons. The van der Waals surface area contributed by atoms with Crippen LogP contribution in [0.4, 0.5) is 17.1 Å². The van der Waals surface area contributed by atoms with Crippen LogP contribution in [-0.2, 0) is 20.6 Å². The number of carbonyl (C=O) groups excluding carboxylic acids is 2. The number of aryl methyl sites for hydroxylation is 3. The molecular formula is C16H19N9O4. The molecule has 13 nitrogen and oxygen atoms in total. The minimum absolute atomic E-state index is 0.0758. The maximum Gasteiger partial charge on any atom is 0.320 e. The zero-order chi connectivity index (χ0) is 21.3. The lowest BCUT2D eigenvalue weighted by molar-refractivity contribution is -0.385. The number of nitro groups is 1. The number of nitrogens with zero attached hydrogens (tertiary/aromatic N) is 7. The minimum atomic E-state index is -0.768. The maximum atomic E-state index is 12.8. The molecule has 0 saturated carbocycles. The second-order valence-corrected chi connectivity index (χ2v) is 6.16. The third-order valence-electron chi connectivity index (χ3n) is 4.42. The van der Waals surface area contributed by atoms with Crippen LogP contribution < -0.4 is 10.6 Å². The van der Waals surface area contributed by atoms with Crippen LogP contribution in [-0.4, -0.2) is 46.1 Å². The van der Waals surface area contributed by atoms with Crippen LogP contribution in [0, 0.1) is 17.0 Å². The Labute approximate surface area is 164 Å². The second kappa shape index (κ2) is 7.53. The number of nitrogens with one attached hydrogen (secondary N) is 2. The molecule has 0 atom stereocenters. The van der Waals surface area contributed by atoms with Crippen LogP contribution in [0.5, 0.6) is 0 Å². The van der Waals surface area contributed by atoms with Gasteiger partial charge < -0.3 is 10.6 Å². The Morgan fingerprint density at radius 1 is 1.00 bits per heavy atom. The fourth-order valence-electron chi connectivity index (χ4n) is 2.77. The standard InChI is InChI=1S/C16H19N9O4/c1-5-24-14(12(8-19-24)25(28)29)16(27)21-11-7-18-23(4)13(11)15(26)20-10-6-17-22(3)9(10)2/h6-8H,5H2,1-4H3,(H,20,26)(H,21,27). The normalized spacial score (nSPS) is 10.8. The van der Waals surface area contributed by atoms with E-state index in [-0.39, 0.29) is 23.6 Å². The van der Waals surface area contributed by atoms with E-state index < -0.39 is 22.4 Å². The van der Waals surface area contributed by atoms with E-state index in [9.17, 15) is 19.7 Å². The molecule has 13 heteroatoms. The van der Waals surface area contributed by atoms with E-state index in [2.05, 4.69) is 25.9 Å². The average Bonchev–Trinajstić information content (AvgIpc) is 3.35. The summed E-state index contributed by atoms with van der Waals surface area (Å²) >= 11 is 0. The molecule has 0 radical (unpaired) electrons. The summed E-state index contributed by atoms with van der Waals surface area (Å²) in [5.41, 5.74) is 0.798. The molecule has 29 heavy (non-hydrogen) atoms. The van der Waals surface area contributed by atoms with Crippen molar-refractivity contribution in [3.05, 3.63) is 45.8 Å². The molecule has 0 fully saturated rings. The van der Waals surface area contributed by atoms with Crippen LogP contribution in [0.15, 0.2) is 18.6 Å². The first-order valence-corrected chi connectivity index (χ1v) is 8.58. The van der Waals surface area contributed by atoms with Crippen molar-refractivity contribution in [3.8, 4) is 0 Å². The zero-order valence-electron chi connectivity index (χ0n) is 16.2. The predicted octanol–water partition coefficient (Wildman–Crippen LogP) is 1.09. The van der Waals surface area contributed by atoms with E-state index in [0.717, 1.165) is 11.9 Å². The van der Waals surface area contributed by atoms with Crippen molar-refractivity contribution >= 4 is 28.9 Å². The molecule has 0 aliphatic heterocycles. The molecule has 2 N–H and O–H groups in total. The molecular weight excluding hydrogens is 382 g/mol. The van der Waals surface area contributed by atoms with Gasteiger partial charge in [-0.3, -0.25) is 33.7 Å². The van der Waals surface area contributed by atoms with Crippen LogP contribution in [0.3, 0.4) is 0 Å². The van der Waals surface area contributed by atoms with E-state index in [4.69, 9.17) is 0 Å². The molecule has 3 heterocycles. The summed E-state index contributed by atoms with van der Waals surface area (Å²) < 4.78 is 4.11. The predicted molar refractivity (Wildman–Crippen MR) is 102 cm³/mol. The summed E-state index contributed by atoms with van der Waals surface area (Å²) in [4.78, 5) is 36.0. The van der Waals surface area contributed by atoms with Crippen molar-refractivity contribution in [2.24, 2.45) is 14.1 Å². The van der Waals surface area contributed by atoms with Crippen molar-refractivity contribution in [3.63, 3.8) is 0 Å². The van der Waals surface area contributed by atoms with Gasteiger partial charge in [-0.2, -0.15) is 15.3 Å². The quantitative estimate of drug-likeness (QED) is 0.463. The number of carbonyl (C=O) groups is 2. The lowest BCUT2D eigenvalue weighted by Crippen LogP contribution is -2.22. The van der Waals surface area contributed by atoms with E-state index >= 15 is 0 Å². The number of amides is 2. The van der Waals surface area contributed by atoms with Crippen LogP contribution in [0.25, 0.3) is 0 Å². The summed E-state index contributed by atoms with van der Waals surface area (Å²) in [6.07, 6.45) is 3.81.